The highest BCUT2D eigenvalue weighted by Crippen LogP contribution is 2.37. The molecule has 3 aromatic carbocycles. The van der Waals surface area contributed by atoms with Crippen LogP contribution in [0.3, 0.4) is 0 Å². The molecule has 1 amide bonds. The van der Waals surface area contributed by atoms with E-state index in [2.05, 4.69) is 4.90 Å². The lowest BCUT2D eigenvalue weighted by Gasteiger charge is -2.28. The molecule has 5 rings (SSSR count). The fraction of sp³-hybridized carbons (Fsp3) is 0.333. The molecule has 0 saturated heterocycles. The SMILES string of the molecule is COc1ccc(C)c2sc(N(CCCN(C)C)C(=O)c3ccc(S(=O)(=O)N4CCc5ccccc5C4)cc3)nc12.[Cl-]. The third-order valence-electron chi connectivity index (χ3n) is 7.21. The number of carbonyl (C=O) groups is 1. The number of rotatable bonds is 9. The Kier molecular flexibility index (Phi) is 9.71. The molecule has 1 aromatic heterocycles. The molecule has 0 aliphatic carbocycles. The number of thiazole rings is 1. The van der Waals surface area contributed by atoms with Gasteiger partial charge in [-0.1, -0.05) is 41.7 Å². The van der Waals surface area contributed by atoms with Gasteiger partial charge in [-0.15, -0.1) is 0 Å². The summed E-state index contributed by atoms with van der Waals surface area (Å²) in [4.78, 5) is 22.6. The van der Waals surface area contributed by atoms with Gasteiger partial charge in [0.05, 0.1) is 16.7 Å². The monoisotopic (exact) mass is 613 g/mol. The third kappa shape index (κ3) is 6.42. The molecule has 2 heterocycles. The number of carbonyl (C=O) groups excluding carboxylic acids is 1. The van der Waals surface area contributed by atoms with Crippen molar-refractivity contribution in [3.8, 4) is 5.75 Å². The molecule has 218 valence electrons. The first-order valence-corrected chi connectivity index (χ1v) is 15.5. The van der Waals surface area contributed by atoms with Crippen molar-refractivity contribution in [2.24, 2.45) is 0 Å². The van der Waals surface area contributed by atoms with Crippen LogP contribution < -0.4 is 22.0 Å². The topological polar surface area (TPSA) is 83.0 Å². The second kappa shape index (κ2) is 12.9. The van der Waals surface area contributed by atoms with Crippen molar-refractivity contribution in [1.82, 2.24) is 14.2 Å². The molecule has 0 spiro atoms. The number of nitrogens with zero attached hydrogens (tertiary/aromatic N) is 4. The van der Waals surface area contributed by atoms with Crippen LogP contribution in [-0.4, -0.2) is 69.4 Å². The number of hydrogen-bond acceptors (Lipinski definition) is 7. The van der Waals surface area contributed by atoms with Gasteiger partial charge in [-0.2, -0.15) is 4.31 Å². The summed E-state index contributed by atoms with van der Waals surface area (Å²) in [6.07, 6.45) is 1.44. The lowest BCUT2D eigenvalue weighted by molar-refractivity contribution is -0.0000185. The quantitative estimate of drug-likeness (QED) is 0.287. The van der Waals surface area contributed by atoms with Crippen LogP contribution in [0.5, 0.6) is 5.75 Å². The summed E-state index contributed by atoms with van der Waals surface area (Å²) in [6, 6.07) is 18.1. The molecule has 8 nitrogen and oxygen atoms in total. The summed E-state index contributed by atoms with van der Waals surface area (Å²) in [6.45, 7) is 4.08. The average Bonchev–Trinajstić information content (AvgIpc) is 3.41. The van der Waals surface area contributed by atoms with E-state index in [-0.39, 0.29) is 23.2 Å². The van der Waals surface area contributed by atoms with Crippen molar-refractivity contribution in [2.75, 3.05) is 45.7 Å². The number of amides is 1. The second-order valence-electron chi connectivity index (χ2n) is 10.3. The van der Waals surface area contributed by atoms with E-state index in [1.807, 2.05) is 57.4 Å². The summed E-state index contributed by atoms with van der Waals surface area (Å²) in [5.41, 5.74) is 4.43. The van der Waals surface area contributed by atoms with Crippen molar-refractivity contribution in [1.29, 1.82) is 0 Å². The van der Waals surface area contributed by atoms with Crippen LogP contribution in [0.25, 0.3) is 10.2 Å². The second-order valence-corrected chi connectivity index (χ2v) is 13.2. The summed E-state index contributed by atoms with van der Waals surface area (Å²) in [5.74, 6) is 0.448. The van der Waals surface area contributed by atoms with E-state index in [1.165, 1.54) is 33.3 Å². The predicted molar refractivity (Wildman–Crippen MR) is 160 cm³/mol. The van der Waals surface area contributed by atoms with Gasteiger partial charge in [0.1, 0.15) is 11.3 Å². The van der Waals surface area contributed by atoms with Crippen molar-refractivity contribution < 1.29 is 30.4 Å². The maximum Gasteiger partial charge on any atom is 0.260 e. The number of fused-ring (bicyclic) bond motifs is 2. The number of sulfonamides is 1. The molecule has 41 heavy (non-hydrogen) atoms. The van der Waals surface area contributed by atoms with Gasteiger partial charge in [0.25, 0.3) is 5.91 Å². The number of benzene rings is 3. The summed E-state index contributed by atoms with van der Waals surface area (Å²) >= 11 is 1.46. The molecule has 0 fully saturated rings. The molecule has 4 aromatic rings. The lowest BCUT2D eigenvalue weighted by Crippen LogP contribution is -3.00. The van der Waals surface area contributed by atoms with Crippen molar-refractivity contribution in [3.63, 3.8) is 0 Å². The lowest BCUT2D eigenvalue weighted by atomic mass is 10.0. The molecule has 1 aliphatic rings. The van der Waals surface area contributed by atoms with Crippen LogP contribution in [0.15, 0.2) is 65.6 Å². The minimum atomic E-state index is -3.69. The van der Waals surface area contributed by atoms with Gasteiger partial charge in [0.15, 0.2) is 5.13 Å². The van der Waals surface area contributed by atoms with E-state index >= 15 is 0 Å². The Balaban J connectivity index is 0.00000387. The molecule has 0 unspecified atom stereocenters. The van der Waals surface area contributed by atoms with Gasteiger partial charge in [-0.25, -0.2) is 13.4 Å². The largest absolute Gasteiger partial charge is 1.00 e. The first-order valence-electron chi connectivity index (χ1n) is 13.3. The fourth-order valence-electron chi connectivity index (χ4n) is 4.96. The van der Waals surface area contributed by atoms with Crippen LogP contribution in [0, 0.1) is 6.92 Å². The van der Waals surface area contributed by atoms with E-state index in [4.69, 9.17) is 9.72 Å². The molecule has 1 aliphatic heterocycles. The zero-order chi connectivity index (χ0) is 28.4. The van der Waals surface area contributed by atoms with Gasteiger partial charge in [-0.05, 0) is 87.4 Å². The average molecular weight is 614 g/mol. The van der Waals surface area contributed by atoms with Crippen LogP contribution in [0.4, 0.5) is 5.13 Å². The molecular formula is C30H34ClN4O4S2-. The zero-order valence-corrected chi connectivity index (χ0v) is 26.0. The molecule has 11 heteroatoms. The van der Waals surface area contributed by atoms with E-state index < -0.39 is 10.0 Å². The number of anilines is 1. The van der Waals surface area contributed by atoms with Crippen LogP contribution in [-0.2, 0) is 23.0 Å². The number of methoxy groups -OCH3 is 1. The molecule has 0 atom stereocenters. The Morgan fingerprint density at radius 1 is 1.02 bits per heavy atom. The highest BCUT2D eigenvalue weighted by molar-refractivity contribution is 7.89. The molecular weight excluding hydrogens is 580 g/mol. The molecule has 0 radical (unpaired) electrons. The Hall–Kier alpha value is -3.02. The minimum absolute atomic E-state index is 0. The molecule has 0 saturated carbocycles. The number of aryl methyl sites for hydroxylation is 1. The van der Waals surface area contributed by atoms with Crippen LogP contribution >= 0.6 is 11.3 Å². The van der Waals surface area contributed by atoms with Crippen molar-refractivity contribution in [2.45, 2.75) is 31.2 Å². The maximum absolute atomic E-state index is 13.8. The highest BCUT2D eigenvalue weighted by atomic mass is 35.5. The maximum atomic E-state index is 13.8. The number of halogens is 1. The smallest absolute Gasteiger partial charge is 0.260 e. The minimum Gasteiger partial charge on any atom is -1.00 e. The summed E-state index contributed by atoms with van der Waals surface area (Å²) in [7, 11) is 1.91. The number of aromatic nitrogens is 1. The first-order chi connectivity index (χ1) is 19.2. The predicted octanol–water partition coefficient (Wildman–Crippen LogP) is 1.96. The van der Waals surface area contributed by atoms with Gasteiger partial charge < -0.3 is 22.0 Å². The van der Waals surface area contributed by atoms with Crippen LogP contribution in [0.2, 0.25) is 0 Å². The van der Waals surface area contributed by atoms with Gasteiger partial charge >= 0.3 is 0 Å². The first kappa shape index (κ1) is 30.9. The van der Waals surface area contributed by atoms with Gasteiger partial charge in [-0.3, -0.25) is 9.69 Å². The zero-order valence-electron chi connectivity index (χ0n) is 23.6. The summed E-state index contributed by atoms with van der Waals surface area (Å²) < 4.78 is 34.9. The third-order valence-corrected chi connectivity index (χ3v) is 10.3. The van der Waals surface area contributed by atoms with E-state index in [0.717, 1.165) is 34.3 Å². The number of hydrogen-bond donors (Lipinski definition) is 0. The van der Waals surface area contributed by atoms with Crippen molar-refractivity contribution in [3.05, 3.63) is 82.9 Å². The highest BCUT2D eigenvalue weighted by Gasteiger charge is 2.29. The standard InChI is InChI=1S/C30H34N4O4S2.ClH/c1-21-10-15-26(38-4)27-28(21)39-30(31-27)34(18-7-17-32(2)3)29(35)23-11-13-25(14-12-23)40(36,37)33-19-16-22-8-5-6-9-24(22)20-33;/h5-6,8-15H,7,16-20H2,1-4H3;1H/p-1. The van der Waals surface area contributed by atoms with Gasteiger partial charge in [0, 0.05) is 25.2 Å². The molecule has 0 N–H and O–H groups in total. The van der Waals surface area contributed by atoms with Crippen LogP contribution in [0.1, 0.15) is 33.5 Å². The number of ether oxygens (including phenoxy) is 1. The van der Waals surface area contributed by atoms with Crippen molar-refractivity contribution >= 4 is 42.6 Å². The van der Waals surface area contributed by atoms with E-state index in [0.29, 0.717) is 42.5 Å². The van der Waals surface area contributed by atoms with E-state index in [9.17, 15) is 13.2 Å². The Morgan fingerprint density at radius 3 is 2.41 bits per heavy atom. The fourth-order valence-corrected chi connectivity index (χ4v) is 7.45. The normalized spacial score (nSPS) is 13.6. The Bertz CT molecular complexity index is 1640. The Morgan fingerprint density at radius 2 is 1.73 bits per heavy atom. The Labute approximate surface area is 252 Å². The van der Waals surface area contributed by atoms with E-state index in [1.54, 1.807) is 24.1 Å². The molecule has 0 bridgehead atoms. The van der Waals surface area contributed by atoms with Gasteiger partial charge in [0.2, 0.25) is 10.0 Å². The summed E-state index contributed by atoms with van der Waals surface area (Å²) in [5, 5.41) is 0.593.